The van der Waals surface area contributed by atoms with Crippen LogP contribution in [0.25, 0.3) is 5.69 Å². The molecule has 1 atom stereocenters. The Morgan fingerprint density at radius 3 is 2.75 bits per heavy atom. The fourth-order valence-electron chi connectivity index (χ4n) is 2.67. The molecule has 1 aromatic carbocycles. The smallest absolute Gasteiger partial charge is 0.255 e. The average molecular weight is 348 g/mol. The van der Waals surface area contributed by atoms with Crippen LogP contribution in [-0.2, 0) is 9.53 Å². The number of aromatic nitrogens is 1. The third-order valence-corrected chi connectivity index (χ3v) is 4.31. The summed E-state index contributed by atoms with van der Waals surface area (Å²) in [5.74, 6) is -0.439. The second kappa shape index (κ2) is 7.07. The summed E-state index contributed by atoms with van der Waals surface area (Å²) in [5.41, 5.74) is 1.27. The lowest BCUT2D eigenvalue weighted by molar-refractivity contribution is -0.136. The minimum atomic E-state index is -0.654. The van der Waals surface area contributed by atoms with Gasteiger partial charge in [-0.15, -0.1) is 0 Å². The van der Waals surface area contributed by atoms with Gasteiger partial charge in [-0.3, -0.25) is 9.59 Å². The Labute approximate surface area is 145 Å². The molecule has 1 aromatic heterocycles. The Balaban J connectivity index is 1.84. The van der Waals surface area contributed by atoms with Gasteiger partial charge in [0, 0.05) is 31.7 Å². The van der Waals surface area contributed by atoms with Crippen LogP contribution in [0.2, 0.25) is 5.02 Å². The molecule has 2 aromatic rings. The number of morpholine rings is 1. The normalized spacial score (nSPS) is 17.6. The van der Waals surface area contributed by atoms with Gasteiger partial charge in [0.25, 0.3) is 11.8 Å². The summed E-state index contributed by atoms with van der Waals surface area (Å²) >= 11 is 6.23. The van der Waals surface area contributed by atoms with Crippen molar-refractivity contribution < 1.29 is 14.3 Å². The van der Waals surface area contributed by atoms with Gasteiger partial charge in [0.2, 0.25) is 0 Å². The molecule has 24 heavy (non-hydrogen) atoms. The maximum absolute atomic E-state index is 12.8. The van der Waals surface area contributed by atoms with Crippen LogP contribution in [0.1, 0.15) is 10.4 Å². The van der Waals surface area contributed by atoms with Crippen LogP contribution in [-0.4, -0.2) is 54.1 Å². The summed E-state index contributed by atoms with van der Waals surface area (Å²) in [7, 11) is 1.55. The van der Waals surface area contributed by atoms with E-state index in [4.69, 9.17) is 16.3 Å². The molecule has 2 amide bonds. The zero-order valence-electron chi connectivity index (χ0n) is 13.2. The van der Waals surface area contributed by atoms with Crippen molar-refractivity contribution in [3.05, 3.63) is 53.3 Å². The molecule has 0 saturated carbocycles. The highest BCUT2D eigenvalue weighted by atomic mass is 35.5. The van der Waals surface area contributed by atoms with Gasteiger partial charge in [0.05, 0.1) is 23.7 Å². The molecule has 6 nitrogen and oxygen atoms in total. The van der Waals surface area contributed by atoms with Crippen LogP contribution in [0.5, 0.6) is 0 Å². The average Bonchev–Trinajstić information content (AvgIpc) is 3.15. The second-order valence-electron chi connectivity index (χ2n) is 5.48. The molecule has 1 aliphatic heterocycles. The first-order valence-corrected chi connectivity index (χ1v) is 8.03. The third-order valence-electron chi connectivity index (χ3n) is 3.98. The number of nitrogens with zero attached hydrogens (tertiary/aromatic N) is 2. The van der Waals surface area contributed by atoms with Gasteiger partial charge in [-0.25, -0.2) is 0 Å². The Morgan fingerprint density at radius 1 is 1.29 bits per heavy atom. The number of benzene rings is 1. The molecule has 1 N–H and O–H groups in total. The van der Waals surface area contributed by atoms with Crippen LogP contribution >= 0.6 is 11.6 Å². The Kier molecular flexibility index (Phi) is 4.87. The molecular weight excluding hydrogens is 330 g/mol. The lowest BCUT2D eigenvalue weighted by Gasteiger charge is -2.32. The fourth-order valence-corrected chi connectivity index (χ4v) is 2.87. The van der Waals surface area contributed by atoms with Gasteiger partial charge >= 0.3 is 0 Å². The highest BCUT2D eigenvalue weighted by Gasteiger charge is 2.30. The summed E-state index contributed by atoms with van der Waals surface area (Å²) in [5, 5.41) is 2.93. The number of likely N-dealkylation sites (N-methyl/N-ethyl adjacent to an activating group) is 1. The summed E-state index contributed by atoms with van der Waals surface area (Å²) in [4.78, 5) is 26.2. The SMILES string of the molecule is CNC(=O)C1CN(C(=O)c2cc(-n3cccc3)ccc2Cl)CCO1. The van der Waals surface area contributed by atoms with Gasteiger partial charge in [0.15, 0.2) is 6.10 Å². The standard InChI is InChI=1S/C17H18ClN3O3/c1-19-16(22)15-11-21(8-9-24-15)17(23)13-10-12(4-5-14(13)18)20-6-2-3-7-20/h2-7,10,15H,8-9,11H2,1H3,(H,19,22). The van der Waals surface area contributed by atoms with E-state index in [9.17, 15) is 9.59 Å². The van der Waals surface area contributed by atoms with Crippen molar-refractivity contribution in [2.45, 2.75) is 6.10 Å². The van der Waals surface area contributed by atoms with Gasteiger partial charge < -0.3 is 19.5 Å². The lowest BCUT2D eigenvalue weighted by Crippen LogP contribution is -2.51. The van der Waals surface area contributed by atoms with Gasteiger partial charge in [0.1, 0.15) is 0 Å². The number of nitrogens with one attached hydrogen (secondary N) is 1. The Morgan fingerprint density at radius 2 is 2.04 bits per heavy atom. The van der Waals surface area contributed by atoms with Crippen molar-refractivity contribution in [1.82, 2.24) is 14.8 Å². The summed E-state index contributed by atoms with van der Waals surface area (Å²) in [6, 6.07) is 9.14. The van der Waals surface area contributed by atoms with E-state index in [-0.39, 0.29) is 18.4 Å². The van der Waals surface area contributed by atoms with Gasteiger partial charge in [-0.1, -0.05) is 11.6 Å². The van der Waals surface area contributed by atoms with Crippen molar-refractivity contribution in [2.75, 3.05) is 26.7 Å². The van der Waals surface area contributed by atoms with Crippen molar-refractivity contribution in [1.29, 1.82) is 0 Å². The zero-order chi connectivity index (χ0) is 17.1. The van der Waals surface area contributed by atoms with E-state index in [1.165, 1.54) is 0 Å². The number of hydrogen-bond donors (Lipinski definition) is 1. The lowest BCUT2D eigenvalue weighted by atomic mass is 10.1. The van der Waals surface area contributed by atoms with Crippen molar-refractivity contribution in [2.24, 2.45) is 0 Å². The quantitative estimate of drug-likeness (QED) is 0.919. The minimum Gasteiger partial charge on any atom is -0.365 e. The molecule has 1 aliphatic rings. The van der Waals surface area contributed by atoms with Crippen molar-refractivity contribution in [3.63, 3.8) is 0 Å². The number of carbonyl (C=O) groups excluding carboxylic acids is 2. The van der Waals surface area contributed by atoms with E-state index >= 15 is 0 Å². The second-order valence-corrected chi connectivity index (χ2v) is 5.89. The number of rotatable bonds is 3. The first-order valence-electron chi connectivity index (χ1n) is 7.65. The zero-order valence-corrected chi connectivity index (χ0v) is 14.0. The number of halogens is 1. The molecule has 2 heterocycles. The Hall–Kier alpha value is -2.31. The van der Waals surface area contributed by atoms with Gasteiger partial charge in [-0.05, 0) is 30.3 Å². The molecule has 0 aliphatic carbocycles. The predicted molar refractivity (Wildman–Crippen MR) is 90.5 cm³/mol. The largest absolute Gasteiger partial charge is 0.365 e. The summed E-state index contributed by atoms with van der Waals surface area (Å²) < 4.78 is 7.32. The molecule has 1 unspecified atom stereocenters. The summed E-state index contributed by atoms with van der Waals surface area (Å²) in [6.45, 7) is 0.956. The number of carbonyl (C=O) groups is 2. The van der Waals surface area contributed by atoms with E-state index in [2.05, 4.69) is 5.32 Å². The molecule has 0 bridgehead atoms. The number of amides is 2. The predicted octanol–water partition coefficient (Wildman–Crippen LogP) is 1.72. The van der Waals surface area contributed by atoms with E-state index < -0.39 is 6.10 Å². The minimum absolute atomic E-state index is 0.203. The van der Waals surface area contributed by atoms with E-state index in [1.54, 1.807) is 24.1 Å². The summed E-state index contributed by atoms with van der Waals surface area (Å²) in [6.07, 6.45) is 3.14. The molecule has 7 heteroatoms. The maximum atomic E-state index is 12.8. The first-order chi connectivity index (χ1) is 11.6. The molecule has 1 saturated heterocycles. The van der Waals surface area contributed by atoms with Crippen molar-refractivity contribution >= 4 is 23.4 Å². The number of hydrogen-bond acceptors (Lipinski definition) is 3. The third kappa shape index (κ3) is 3.29. The maximum Gasteiger partial charge on any atom is 0.255 e. The van der Waals surface area contributed by atoms with E-state index in [0.717, 1.165) is 5.69 Å². The monoisotopic (exact) mass is 347 g/mol. The topological polar surface area (TPSA) is 63.6 Å². The highest BCUT2D eigenvalue weighted by Crippen LogP contribution is 2.23. The number of ether oxygens (including phenoxy) is 1. The van der Waals surface area contributed by atoms with Gasteiger partial charge in [-0.2, -0.15) is 0 Å². The first kappa shape index (κ1) is 16.5. The molecule has 0 spiro atoms. The highest BCUT2D eigenvalue weighted by molar-refractivity contribution is 6.33. The molecule has 0 radical (unpaired) electrons. The van der Waals surface area contributed by atoms with Crippen LogP contribution in [0.15, 0.2) is 42.7 Å². The van der Waals surface area contributed by atoms with Crippen LogP contribution in [0.3, 0.4) is 0 Å². The Bertz CT molecular complexity index is 746. The van der Waals surface area contributed by atoms with E-state index in [0.29, 0.717) is 23.7 Å². The van der Waals surface area contributed by atoms with E-state index in [1.807, 2.05) is 35.2 Å². The molecule has 1 fully saturated rings. The molecule has 3 rings (SSSR count). The van der Waals surface area contributed by atoms with Crippen molar-refractivity contribution in [3.8, 4) is 5.69 Å². The molecular formula is C17H18ClN3O3. The molecule has 126 valence electrons. The van der Waals surface area contributed by atoms with Crippen LogP contribution in [0.4, 0.5) is 0 Å². The van der Waals surface area contributed by atoms with Crippen LogP contribution < -0.4 is 5.32 Å². The fraction of sp³-hybridized carbons (Fsp3) is 0.294. The van der Waals surface area contributed by atoms with Crippen LogP contribution in [0, 0.1) is 0 Å².